The number of carbonyl (C=O) groups excluding carboxylic acids is 1. The van der Waals surface area contributed by atoms with Crippen molar-refractivity contribution >= 4 is 11.6 Å². The van der Waals surface area contributed by atoms with Gasteiger partial charge in [-0.1, -0.05) is 36.3 Å². The third-order valence-electron chi connectivity index (χ3n) is 4.87. The van der Waals surface area contributed by atoms with Crippen molar-refractivity contribution in [3.05, 3.63) is 60.0 Å². The first-order chi connectivity index (χ1) is 13.2. The average Bonchev–Trinajstić information content (AvgIpc) is 3.35. The SMILES string of the molecule is CCc1cccc(N2CC(c3nc(-c4cccc(OC)c4)no3)CC2=O)c1. The first-order valence-electron chi connectivity index (χ1n) is 9.05. The number of carbonyl (C=O) groups is 1. The van der Waals surface area contributed by atoms with Crippen molar-refractivity contribution in [2.24, 2.45) is 0 Å². The second-order valence-corrected chi connectivity index (χ2v) is 6.62. The molecule has 3 aromatic rings. The van der Waals surface area contributed by atoms with Gasteiger partial charge in [0.25, 0.3) is 0 Å². The smallest absolute Gasteiger partial charge is 0.232 e. The Morgan fingerprint density at radius 3 is 2.89 bits per heavy atom. The Hall–Kier alpha value is -3.15. The quantitative estimate of drug-likeness (QED) is 0.689. The van der Waals surface area contributed by atoms with Crippen molar-refractivity contribution in [3.63, 3.8) is 0 Å². The van der Waals surface area contributed by atoms with Crippen molar-refractivity contribution in [2.45, 2.75) is 25.7 Å². The molecular formula is C21H21N3O3. The maximum Gasteiger partial charge on any atom is 0.232 e. The van der Waals surface area contributed by atoms with Crippen LogP contribution in [0.25, 0.3) is 11.4 Å². The number of amides is 1. The molecule has 0 saturated carbocycles. The van der Waals surface area contributed by atoms with Gasteiger partial charge in [0.1, 0.15) is 5.75 Å². The Kier molecular flexibility index (Phi) is 4.62. The number of nitrogens with zero attached hydrogens (tertiary/aromatic N) is 3. The molecule has 2 aromatic carbocycles. The van der Waals surface area contributed by atoms with E-state index in [0.717, 1.165) is 23.4 Å². The molecule has 1 unspecified atom stereocenters. The van der Waals surface area contributed by atoms with Crippen LogP contribution in [0.15, 0.2) is 53.1 Å². The van der Waals surface area contributed by atoms with Crippen LogP contribution >= 0.6 is 0 Å². The van der Waals surface area contributed by atoms with Gasteiger partial charge in [0, 0.05) is 24.2 Å². The van der Waals surface area contributed by atoms with E-state index < -0.39 is 0 Å². The average molecular weight is 363 g/mol. The highest BCUT2D eigenvalue weighted by Gasteiger charge is 2.35. The molecule has 138 valence electrons. The number of hydrogen-bond donors (Lipinski definition) is 0. The molecule has 0 spiro atoms. The first-order valence-corrected chi connectivity index (χ1v) is 9.05. The van der Waals surface area contributed by atoms with Crippen molar-refractivity contribution in [3.8, 4) is 17.1 Å². The van der Waals surface area contributed by atoms with Gasteiger partial charge in [0.05, 0.1) is 13.0 Å². The van der Waals surface area contributed by atoms with Crippen LogP contribution in [0.4, 0.5) is 5.69 Å². The van der Waals surface area contributed by atoms with Crippen molar-refractivity contribution < 1.29 is 14.1 Å². The number of ether oxygens (including phenoxy) is 1. The standard InChI is InChI=1S/C21H21N3O3/c1-3-14-6-4-8-17(10-14)24-13-16(12-19(24)25)21-22-20(23-27-21)15-7-5-9-18(11-15)26-2/h4-11,16H,3,12-13H2,1-2H3. The summed E-state index contributed by atoms with van der Waals surface area (Å²) in [6.45, 7) is 2.65. The van der Waals surface area contributed by atoms with Crippen molar-refractivity contribution in [2.75, 3.05) is 18.6 Å². The summed E-state index contributed by atoms with van der Waals surface area (Å²) in [6, 6.07) is 15.6. The number of aryl methyl sites for hydroxylation is 1. The molecule has 1 atom stereocenters. The zero-order valence-electron chi connectivity index (χ0n) is 15.4. The van der Waals surface area contributed by atoms with E-state index in [0.29, 0.717) is 24.7 Å². The largest absolute Gasteiger partial charge is 0.497 e. The lowest BCUT2D eigenvalue weighted by Crippen LogP contribution is -2.24. The van der Waals surface area contributed by atoms with Crippen molar-refractivity contribution in [1.82, 2.24) is 10.1 Å². The van der Waals surface area contributed by atoms with Gasteiger partial charge in [-0.25, -0.2) is 0 Å². The summed E-state index contributed by atoms with van der Waals surface area (Å²) >= 11 is 0. The van der Waals surface area contributed by atoms with Crippen LogP contribution in [0.3, 0.4) is 0 Å². The predicted molar refractivity (Wildman–Crippen MR) is 102 cm³/mol. The molecule has 27 heavy (non-hydrogen) atoms. The Morgan fingerprint density at radius 1 is 1.22 bits per heavy atom. The third kappa shape index (κ3) is 3.43. The van der Waals surface area contributed by atoms with E-state index in [1.165, 1.54) is 5.56 Å². The zero-order valence-corrected chi connectivity index (χ0v) is 15.4. The van der Waals surface area contributed by atoms with Crippen LogP contribution in [-0.2, 0) is 11.2 Å². The van der Waals surface area contributed by atoms with Crippen molar-refractivity contribution in [1.29, 1.82) is 0 Å². The van der Waals surface area contributed by atoms with Gasteiger partial charge in [-0.15, -0.1) is 0 Å². The molecule has 1 aliphatic rings. The number of benzene rings is 2. The molecule has 1 aromatic heterocycles. The zero-order chi connectivity index (χ0) is 18.8. The van der Waals surface area contributed by atoms with Crippen LogP contribution < -0.4 is 9.64 Å². The van der Waals surface area contributed by atoms with Gasteiger partial charge in [0.2, 0.25) is 17.6 Å². The van der Waals surface area contributed by atoms with E-state index in [4.69, 9.17) is 9.26 Å². The summed E-state index contributed by atoms with van der Waals surface area (Å²) < 4.78 is 10.7. The lowest BCUT2D eigenvalue weighted by molar-refractivity contribution is -0.117. The normalized spacial score (nSPS) is 16.7. The summed E-state index contributed by atoms with van der Waals surface area (Å²) in [5.74, 6) is 1.71. The molecule has 2 heterocycles. The topological polar surface area (TPSA) is 68.5 Å². The molecule has 1 saturated heterocycles. The summed E-state index contributed by atoms with van der Waals surface area (Å²) in [7, 11) is 1.62. The molecule has 1 aliphatic heterocycles. The molecule has 6 heteroatoms. The fourth-order valence-corrected chi connectivity index (χ4v) is 3.35. The van der Waals surface area contributed by atoms with Crippen LogP contribution in [0.1, 0.15) is 30.7 Å². The monoisotopic (exact) mass is 363 g/mol. The molecule has 0 bridgehead atoms. The number of hydrogen-bond acceptors (Lipinski definition) is 5. The highest BCUT2D eigenvalue weighted by atomic mass is 16.5. The van der Waals surface area contributed by atoms with E-state index in [1.807, 2.05) is 36.4 Å². The van der Waals surface area contributed by atoms with Gasteiger partial charge >= 0.3 is 0 Å². The molecule has 4 rings (SSSR count). The molecule has 0 N–H and O–H groups in total. The fourth-order valence-electron chi connectivity index (χ4n) is 3.35. The molecule has 0 radical (unpaired) electrons. The minimum Gasteiger partial charge on any atom is -0.497 e. The highest BCUT2D eigenvalue weighted by molar-refractivity contribution is 5.96. The molecule has 1 fully saturated rings. The maximum absolute atomic E-state index is 12.5. The number of aromatic nitrogens is 2. The Labute approximate surface area is 157 Å². The van der Waals surface area contributed by atoms with Crippen LogP contribution in [0.5, 0.6) is 5.75 Å². The van der Waals surface area contributed by atoms with Crippen LogP contribution in [-0.4, -0.2) is 29.7 Å². The van der Waals surface area contributed by atoms with Gasteiger partial charge < -0.3 is 14.2 Å². The summed E-state index contributed by atoms with van der Waals surface area (Å²) in [6.07, 6.45) is 1.31. The Morgan fingerprint density at radius 2 is 2.07 bits per heavy atom. The fraction of sp³-hybridized carbons (Fsp3) is 0.286. The van der Waals surface area contributed by atoms with E-state index in [9.17, 15) is 4.79 Å². The van der Waals surface area contributed by atoms with Gasteiger partial charge in [-0.05, 0) is 36.2 Å². The number of anilines is 1. The minimum absolute atomic E-state index is 0.0781. The summed E-state index contributed by atoms with van der Waals surface area (Å²) in [5.41, 5.74) is 2.96. The van der Waals surface area contributed by atoms with Gasteiger partial charge in [-0.2, -0.15) is 4.98 Å². The number of rotatable bonds is 5. The maximum atomic E-state index is 12.5. The van der Waals surface area contributed by atoms with E-state index >= 15 is 0 Å². The summed E-state index contributed by atoms with van der Waals surface area (Å²) in [4.78, 5) is 18.9. The van der Waals surface area contributed by atoms with E-state index in [2.05, 4.69) is 29.2 Å². The molecule has 6 nitrogen and oxygen atoms in total. The van der Waals surface area contributed by atoms with Crippen LogP contribution in [0, 0.1) is 0 Å². The lowest BCUT2D eigenvalue weighted by atomic mass is 10.1. The molecule has 0 aliphatic carbocycles. The second-order valence-electron chi connectivity index (χ2n) is 6.62. The molecular weight excluding hydrogens is 342 g/mol. The van der Waals surface area contributed by atoms with Gasteiger partial charge in [0.15, 0.2) is 0 Å². The first kappa shape index (κ1) is 17.3. The Balaban J connectivity index is 1.55. The highest BCUT2D eigenvalue weighted by Crippen LogP contribution is 2.32. The van der Waals surface area contributed by atoms with E-state index in [1.54, 1.807) is 12.0 Å². The van der Waals surface area contributed by atoms with E-state index in [-0.39, 0.29) is 11.8 Å². The summed E-state index contributed by atoms with van der Waals surface area (Å²) in [5, 5.41) is 4.09. The molecule has 1 amide bonds. The minimum atomic E-state index is -0.102. The number of methoxy groups -OCH3 is 1. The Bertz CT molecular complexity index is 967. The van der Waals surface area contributed by atoms with Crippen LogP contribution in [0.2, 0.25) is 0 Å². The lowest BCUT2D eigenvalue weighted by Gasteiger charge is -2.16. The second kappa shape index (κ2) is 7.23. The predicted octanol–water partition coefficient (Wildman–Crippen LogP) is 3.83. The third-order valence-corrected chi connectivity index (χ3v) is 4.87. The van der Waals surface area contributed by atoms with Gasteiger partial charge in [-0.3, -0.25) is 4.79 Å².